The Kier molecular flexibility index (Phi) is 3.27. The van der Waals surface area contributed by atoms with E-state index in [-0.39, 0.29) is 17.6 Å². The van der Waals surface area contributed by atoms with Crippen molar-refractivity contribution >= 4 is 27.6 Å². The molecule has 1 N–H and O–H groups in total. The third-order valence-electron chi connectivity index (χ3n) is 3.34. The summed E-state index contributed by atoms with van der Waals surface area (Å²) in [5.74, 6) is -0.653. The fourth-order valence-electron chi connectivity index (χ4n) is 2.47. The number of alkyl halides is 3. The molecule has 0 aliphatic carbocycles. The highest BCUT2D eigenvalue weighted by Crippen LogP contribution is 2.38. The van der Waals surface area contributed by atoms with Crippen LogP contribution in [0.15, 0.2) is 30.3 Å². The molecule has 0 atom stereocenters. The van der Waals surface area contributed by atoms with Crippen LogP contribution in [0.3, 0.4) is 0 Å². The maximum absolute atomic E-state index is 13.1. The number of esters is 1. The molecular weight excluding hydrogens is 297 g/mol. The van der Waals surface area contributed by atoms with E-state index in [9.17, 15) is 18.0 Å². The second-order valence-electron chi connectivity index (χ2n) is 4.68. The molecule has 1 aromatic heterocycles. The van der Waals surface area contributed by atoms with E-state index < -0.39 is 17.8 Å². The SMILES string of the molecule is CCOC(=O)c1cc2c(C(F)(F)F)[nH]nc3ccccc1c32. The summed E-state index contributed by atoms with van der Waals surface area (Å²) in [6.45, 7) is 1.78. The number of nitrogens with one attached hydrogen (secondary N) is 1. The number of halogens is 3. The quantitative estimate of drug-likeness (QED) is 0.730. The first-order chi connectivity index (χ1) is 10.4. The van der Waals surface area contributed by atoms with Crippen LogP contribution in [0.2, 0.25) is 0 Å². The van der Waals surface area contributed by atoms with Gasteiger partial charge in [-0.15, -0.1) is 0 Å². The Morgan fingerprint density at radius 2 is 2.00 bits per heavy atom. The number of rotatable bonds is 2. The molecule has 3 aromatic rings. The predicted octanol–water partition coefficient (Wildman–Crippen LogP) is 3.91. The van der Waals surface area contributed by atoms with Crippen LogP contribution in [0.1, 0.15) is 23.0 Å². The number of H-pyrrole nitrogens is 1. The lowest BCUT2D eigenvalue weighted by atomic mass is 10.2. The highest BCUT2D eigenvalue weighted by Gasteiger charge is 2.35. The van der Waals surface area contributed by atoms with Crippen molar-refractivity contribution in [1.82, 2.24) is 10.2 Å². The van der Waals surface area contributed by atoms with Crippen LogP contribution < -0.4 is 0 Å². The fraction of sp³-hybridized carbons (Fsp3) is 0.200. The highest BCUT2D eigenvalue weighted by atomic mass is 19.4. The molecule has 2 aromatic carbocycles. The zero-order valence-electron chi connectivity index (χ0n) is 11.5. The maximum atomic E-state index is 13.1. The topological polar surface area (TPSA) is 55.0 Å². The Morgan fingerprint density at radius 1 is 1.27 bits per heavy atom. The molecule has 3 rings (SSSR count). The number of carbonyl (C=O) groups is 1. The molecule has 0 spiro atoms. The van der Waals surface area contributed by atoms with E-state index in [0.29, 0.717) is 16.3 Å². The molecule has 4 nitrogen and oxygen atoms in total. The van der Waals surface area contributed by atoms with Gasteiger partial charge >= 0.3 is 12.1 Å². The van der Waals surface area contributed by atoms with E-state index in [4.69, 9.17) is 4.74 Å². The number of aromatic nitrogens is 2. The minimum absolute atomic E-state index is 0.0910. The van der Waals surface area contributed by atoms with E-state index in [0.717, 1.165) is 0 Å². The predicted molar refractivity (Wildman–Crippen MR) is 74.6 cm³/mol. The van der Waals surface area contributed by atoms with Gasteiger partial charge in [0.2, 0.25) is 0 Å². The second-order valence-corrected chi connectivity index (χ2v) is 4.68. The monoisotopic (exact) mass is 308 g/mol. The van der Waals surface area contributed by atoms with Crippen molar-refractivity contribution in [3.05, 3.63) is 41.6 Å². The molecule has 0 aliphatic rings. The van der Waals surface area contributed by atoms with Crippen LogP contribution in [0, 0.1) is 0 Å². The second kappa shape index (κ2) is 5.01. The lowest BCUT2D eigenvalue weighted by Gasteiger charge is -2.08. The number of hydrogen-bond acceptors (Lipinski definition) is 3. The molecule has 0 aliphatic heterocycles. The summed E-state index contributed by atoms with van der Waals surface area (Å²) >= 11 is 0. The molecule has 0 fully saturated rings. The van der Waals surface area contributed by atoms with Crippen LogP contribution >= 0.6 is 0 Å². The van der Waals surface area contributed by atoms with Crippen molar-refractivity contribution in [3.63, 3.8) is 0 Å². The largest absolute Gasteiger partial charge is 0.462 e. The summed E-state index contributed by atoms with van der Waals surface area (Å²) in [5, 5.41) is 6.39. The van der Waals surface area contributed by atoms with Crippen molar-refractivity contribution < 1.29 is 22.7 Å². The van der Waals surface area contributed by atoms with Crippen LogP contribution in [0.25, 0.3) is 21.7 Å². The van der Waals surface area contributed by atoms with Gasteiger partial charge in [0.25, 0.3) is 0 Å². The van der Waals surface area contributed by atoms with Crippen molar-refractivity contribution in [2.24, 2.45) is 0 Å². The standard InChI is InChI=1S/C15H11F3N2O2/c1-2-22-14(21)9-7-10-12-8(9)5-3-4-6-11(12)19-20-13(10)15(16,17)18/h3-7,20H,2H2,1H3. The van der Waals surface area contributed by atoms with Gasteiger partial charge in [0.1, 0.15) is 5.69 Å². The normalized spacial score (nSPS) is 12.0. The first-order valence-electron chi connectivity index (χ1n) is 6.57. The van der Waals surface area contributed by atoms with E-state index >= 15 is 0 Å². The average molecular weight is 308 g/mol. The molecule has 114 valence electrons. The smallest absolute Gasteiger partial charge is 0.433 e. The Labute approximate surface area is 122 Å². The van der Waals surface area contributed by atoms with E-state index in [1.165, 1.54) is 6.07 Å². The van der Waals surface area contributed by atoms with Gasteiger partial charge in [0.05, 0.1) is 17.7 Å². The summed E-state index contributed by atoms with van der Waals surface area (Å²) in [7, 11) is 0. The van der Waals surface area contributed by atoms with E-state index in [1.54, 1.807) is 31.2 Å². The molecule has 0 amide bonds. The maximum Gasteiger partial charge on any atom is 0.433 e. The van der Waals surface area contributed by atoms with Crippen molar-refractivity contribution in [1.29, 1.82) is 0 Å². The third-order valence-corrected chi connectivity index (χ3v) is 3.34. The lowest BCUT2D eigenvalue weighted by Crippen LogP contribution is -2.09. The number of hydrogen-bond donors (Lipinski definition) is 1. The zero-order valence-corrected chi connectivity index (χ0v) is 11.5. The third kappa shape index (κ3) is 2.18. The molecule has 1 heterocycles. The average Bonchev–Trinajstić information content (AvgIpc) is 2.68. The van der Waals surface area contributed by atoms with Gasteiger partial charge in [-0.25, -0.2) is 4.79 Å². The van der Waals surface area contributed by atoms with Crippen molar-refractivity contribution in [2.45, 2.75) is 13.1 Å². The molecule has 0 saturated carbocycles. The lowest BCUT2D eigenvalue weighted by molar-refractivity contribution is -0.140. The summed E-state index contributed by atoms with van der Waals surface area (Å²) in [6.07, 6.45) is -4.59. The Balaban J connectivity index is 2.44. The van der Waals surface area contributed by atoms with Gasteiger partial charge in [-0.2, -0.15) is 18.3 Å². The summed E-state index contributed by atoms with van der Waals surface area (Å²) in [4.78, 5) is 12.0. The molecule has 0 bridgehead atoms. The van der Waals surface area contributed by atoms with Gasteiger partial charge in [-0.1, -0.05) is 18.2 Å². The van der Waals surface area contributed by atoms with Gasteiger partial charge in [0.15, 0.2) is 0 Å². The zero-order chi connectivity index (χ0) is 15.9. The first-order valence-corrected chi connectivity index (χ1v) is 6.57. The Bertz CT molecular complexity index is 868. The minimum atomic E-state index is -4.59. The molecular formula is C15H11F3N2O2. The molecule has 0 radical (unpaired) electrons. The number of aromatic amines is 1. The van der Waals surface area contributed by atoms with Crippen molar-refractivity contribution in [3.8, 4) is 0 Å². The highest BCUT2D eigenvalue weighted by molar-refractivity contribution is 6.19. The minimum Gasteiger partial charge on any atom is -0.462 e. The van der Waals surface area contributed by atoms with Crippen LogP contribution in [0.5, 0.6) is 0 Å². The van der Waals surface area contributed by atoms with Crippen molar-refractivity contribution in [2.75, 3.05) is 6.61 Å². The summed E-state index contributed by atoms with van der Waals surface area (Å²) in [5.41, 5.74) is -0.532. The number of carbonyl (C=O) groups excluding carboxylic acids is 1. The van der Waals surface area contributed by atoms with Gasteiger partial charge in [-0.3, -0.25) is 5.10 Å². The summed E-state index contributed by atoms with van der Waals surface area (Å²) in [6, 6.07) is 7.67. The fourth-order valence-corrected chi connectivity index (χ4v) is 2.47. The Morgan fingerprint density at radius 3 is 2.68 bits per heavy atom. The molecule has 0 unspecified atom stereocenters. The number of ether oxygens (including phenoxy) is 1. The Hall–Kier alpha value is -2.57. The van der Waals surface area contributed by atoms with Crippen LogP contribution in [-0.4, -0.2) is 22.8 Å². The van der Waals surface area contributed by atoms with E-state index in [2.05, 4.69) is 5.10 Å². The summed E-state index contributed by atoms with van der Waals surface area (Å²) < 4.78 is 44.3. The molecule has 0 saturated heterocycles. The van der Waals surface area contributed by atoms with Crippen LogP contribution in [0.4, 0.5) is 13.2 Å². The van der Waals surface area contributed by atoms with E-state index in [1.807, 2.05) is 5.10 Å². The van der Waals surface area contributed by atoms with Gasteiger partial charge in [0, 0.05) is 10.8 Å². The number of nitrogens with zero attached hydrogens (tertiary/aromatic N) is 1. The first kappa shape index (κ1) is 14.4. The molecule has 7 heteroatoms. The van der Waals surface area contributed by atoms with Crippen LogP contribution in [-0.2, 0) is 10.9 Å². The molecule has 22 heavy (non-hydrogen) atoms. The van der Waals surface area contributed by atoms with Gasteiger partial charge < -0.3 is 4.74 Å². The van der Waals surface area contributed by atoms with Gasteiger partial charge in [-0.05, 0) is 24.4 Å².